The van der Waals surface area contributed by atoms with Crippen molar-refractivity contribution in [3.05, 3.63) is 60.8 Å². The van der Waals surface area contributed by atoms with E-state index in [9.17, 15) is 0 Å². The van der Waals surface area contributed by atoms with Gasteiger partial charge in [-0.15, -0.1) is 4.52 Å². The van der Waals surface area contributed by atoms with Crippen molar-refractivity contribution in [1.82, 2.24) is 14.9 Å². The van der Waals surface area contributed by atoms with E-state index in [1.807, 2.05) is 42.6 Å². The molecule has 4 rings (SSSR count). The Kier molecular flexibility index (Phi) is 1.80. The van der Waals surface area contributed by atoms with Crippen molar-refractivity contribution >= 4 is 11.0 Å². The highest BCUT2D eigenvalue weighted by Gasteiger charge is 2.17. The number of para-hydroxylation sites is 2. The summed E-state index contributed by atoms with van der Waals surface area (Å²) in [6.45, 7) is 0. The van der Waals surface area contributed by atoms with Crippen molar-refractivity contribution in [1.29, 1.82) is 0 Å². The van der Waals surface area contributed by atoms with Gasteiger partial charge in [0.15, 0.2) is 22.9 Å². The number of nitrogens with zero attached hydrogens (tertiary/aromatic N) is 3. The number of hydrogen-bond acceptors (Lipinski definition) is 1. The van der Waals surface area contributed by atoms with Gasteiger partial charge in [-0.25, -0.2) is 0 Å². The van der Waals surface area contributed by atoms with Crippen LogP contribution in [0.2, 0.25) is 0 Å². The van der Waals surface area contributed by atoms with Crippen LogP contribution in [0, 0.1) is 0 Å². The van der Waals surface area contributed by atoms with Gasteiger partial charge in [-0.2, -0.15) is 5.10 Å². The highest BCUT2D eigenvalue weighted by Crippen LogP contribution is 2.15. The summed E-state index contributed by atoms with van der Waals surface area (Å²) in [5, 5.41) is 7.59. The Balaban J connectivity index is 2.13. The van der Waals surface area contributed by atoms with Crippen molar-refractivity contribution in [3.8, 4) is 11.3 Å². The van der Waals surface area contributed by atoms with Crippen molar-refractivity contribution in [2.45, 2.75) is 0 Å². The molecule has 4 aromatic rings. The standard InChI is InChI=1S/C14H11N4/c1-2-6-11(7-3-1)14-10-15-18-16-12-8-4-5-9-13(12)17(14)18/h1-10H,(H,15,16)/q+1. The normalized spacial score (nSPS) is 11.3. The zero-order valence-electron chi connectivity index (χ0n) is 9.62. The number of aromatic nitrogens is 4. The van der Waals surface area contributed by atoms with Gasteiger partial charge in [0.25, 0.3) is 0 Å². The van der Waals surface area contributed by atoms with Crippen LogP contribution in [0.15, 0.2) is 60.8 Å². The number of nitrogens with one attached hydrogen (secondary N) is 1. The van der Waals surface area contributed by atoms with Gasteiger partial charge in [0.2, 0.25) is 0 Å². The molecule has 4 nitrogen and oxygen atoms in total. The Morgan fingerprint density at radius 2 is 1.72 bits per heavy atom. The molecule has 0 unspecified atom stereocenters. The molecule has 4 heteroatoms. The van der Waals surface area contributed by atoms with Gasteiger partial charge in [-0.05, 0) is 12.1 Å². The molecule has 0 atom stereocenters. The van der Waals surface area contributed by atoms with Crippen LogP contribution in [-0.2, 0) is 0 Å². The second-order valence-electron chi connectivity index (χ2n) is 4.23. The van der Waals surface area contributed by atoms with Crippen LogP contribution in [0.1, 0.15) is 0 Å². The van der Waals surface area contributed by atoms with E-state index in [1.165, 1.54) is 0 Å². The average Bonchev–Trinajstić information content (AvgIpc) is 2.98. The first-order chi connectivity index (χ1) is 8.93. The minimum atomic E-state index is 1.07. The van der Waals surface area contributed by atoms with Gasteiger partial charge < -0.3 is 0 Å². The maximum Gasteiger partial charge on any atom is 0.172 e. The van der Waals surface area contributed by atoms with E-state index in [4.69, 9.17) is 0 Å². The molecule has 2 aromatic carbocycles. The quantitative estimate of drug-likeness (QED) is 0.504. The van der Waals surface area contributed by atoms with Gasteiger partial charge in [0.1, 0.15) is 0 Å². The largest absolute Gasteiger partial charge is 0.172 e. The summed E-state index contributed by atoms with van der Waals surface area (Å²) in [6.07, 6.45) is 1.87. The zero-order valence-corrected chi connectivity index (χ0v) is 9.62. The first kappa shape index (κ1) is 9.41. The maximum absolute atomic E-state index is 4.36. The first-order valence-corrected chi connectivity index (χ1v) is 5.86. The lowest BCUT2D eigenvalue weighted by molar-refractivity contribution is -0.587. The topological polar surface area (TPSA) is 37.2 Å². The Morgan fingerprint density at radius 3 is 2.61 bits per heavy atom. The molecule has 0 radical (unpaired) electrons. The van der Waals surface area contributed by atoms with E-state index in [-0.39, 0.29) is 0 Å². The van der Waals surface area contributed by atoms with Crippen LogP contribution in [-0.4, -0.2) is 14.9 Å². The zero-order chi connectivity index (χ0) is 11.9. The van der Waals surface area contributed by atoms with Crippen molar-refractivity contribution in [3.63, 3.8) is 0 Å². The molecular formula is C14H11N4+. The fourth-order valence-corrected chi connectivity index (χ4v) is 2.29. The fourth-order valence-electron chi connectivity index (χ4n) is 2.29. The highest BCUT2D eigenvalue weighted by molar-refractivity contribution is 5.71. The second-order valence-corrected chi connectivity index (χ2v) is 4.23. The Morgan fingerprint density at radius 1 is 0.944 bits per heavy atom. The third kappa shape index (κ3) is 1.20. The molecule has 0 aliphatic rings. The van der Waals surface area contributed by atoms with Gasteiger partial charge in [-0.3, -0.25) is 0 Å². The first-order valence-electron chi connectivity index (χ1n) is 5.86. The van der Waals surface area contributed by atoms with Crippen molar-refractivity contribution in [2.75, 3.05) is 0 Å². The Hall–Kier alpha value is -2.62. The van der Waals surface area contributed by atoms with Gasteiger partial charge >= 0.3 is 0 Å². The summed E-state index contributed by atoms with van der Waals surface area (Å²) in [5.41, 5.74) is 4.42. The molecule has 0 bridgehead atoms. The average molecular weight is 235 g/mol. The third-order valence-corrected chi connectivity index (χ3v) is 3.13. The molecule has 0 saturated heterocycles. The lowest BCUT2D eigenvalue weighted by Gasteiger charge is -1.94. The predicted molar refractivity (Wildman–Crippen MR) is 68.1 cm³/mol. The van der Waals surface area contributed by atoms with E-state index in [0.29, 0.717) is 0 Å². The molecule has 0 aliphatic carbocycles. The molecule has 0 fully saturated rings. The highest BCUT2D eigenvalue weighted by atomic mass is 15.6. The Labute approximate surface area is 103 Å². The number of fused-ring (bicyclic) bond motifs is 3. The fraction of sp³-hybridized carbons (Fsp3) is 0. The number of H-pyrrole nitrogens is 1. The van der Waals surface area contributed by atoms with Gasteiger partial charge in [0, 0.05) is 10.7 Å². The minimum absolute atomic E-state index is 1.07. The second kappa shape index (κ2) is 3.43. The minimum Gasteiger partial charge on any atom is -0.171 e. The van der Waals surface area contributed by atoms with Crippen LogP contribution in [0.5, 0.6) is 0 Å². The molecule has 0 aliphatic heterocycles. The van der Waals surface area contributed by atoms with Crippen molar-refractivity contribution in [2.24, 2.45) is 0 Å². The molecule has 2 aromatic heterocycles. The monoisotopic (exact) mass is 235 g/mol. The molecule has 86 valence electrons. The lowest BCUT2D eigenvalue weighted by Crippen LogP contribution is -2.28. The number of rotatable bonds is 1. The number of aromatic amines is 1. The van der Waals surface area contributed by atoms with Gasteiger partial charge in [0.05, 0.1) is 4.74 Å². The number of benzene rings is 2. The summed E-state index contributed by atoms with van der Waals surface area (Å²) in [4.78, 5) is 0. The summed E-state index contributed by atoms with van der Waals surface area (Å²) in [6, 6.07) is 18.4. The molecule has 0 spiro atoms. The van der Waals surface area contributed by atoms with Crippen LogP contribution in [0.25, 0.3) is 22.3 Å². The van der Waals surface area contributed by atoms with Crippen LogP contribution < -0.4 is 4.52 Å². The molecule has 0 saturated carbocycles. The molecule has 0 amide bonds. The molecular weight excluding hydrogens is 224 g/mol. The summed E-state index contributed by atoms with van der Waals surface area (Å²) < 4.78 is 3.83. The molecule has 18 heavy (non-hydrogen) atoms. The number of hydrogen-bond donors (Lipinski definition) is 1. The lowest BCUT2D eigenvalue weighted by atomic mass is 10.2. The van der Waals surface area contributed by atoms with E-state index in [1.54, 1.807) is 4.74 Å². The Bertz CT molecular complexity index is 827. The van der Waals surface area contributed by atoms with Crippen molar-refractivity contribution < 1.29 is 4.52 Å². The van der Waals surface area contributed by atoms with Crippen LogP contribution >= 0.6 is 0 Å². The predicted octanol–water partition coefficient (Wildman–Crippen LogP) is 2.07. The summed E-state index contributed by atoms with van der Waals surface area (Å²) >= 11 is 0. The van der Waals surface area contributed by atoms with E-state index in [2.05, 4.69) is 32.9 Å². The summed E-state index contributed by atoms with van der Waals surface area (Å²) in [5.74, 6) is 0. The van der Waals surface area contributed by atoms with E-state index < -0.39 is 0 Å². The maximum atomic E-state index is 4.36. The molecule has 1 N–H and O–H groups in total. The smallest absolute Gasteiger partial charge is 0.171 e. The third-order valence-electron chi connectivity index (χ3n) is 3.13. The van der Waals surface area contributed by atoms with Crippen LogP contribution in [0.4, 0.5) is 0 Å². The van der Waals surface area contributed by atoms with E-state index >= 15 is 0 Å². The van der Waals surface area contributed by atoms with E-state index in [0.717, 1.165) is 22.3 Å². The molecule has 2 heterocycles. The SMILES string of the molecule is c1ccc(-c2cnn3[nH]c4ccccc4[n+]23)cc1. The van der Waals surface area contributed by atoms with Gasteiger partial charge in [-0.1, -0.05) is 42.5 Å². The summed E-state index contributed by atoms with van der Waals surface area (Å²) in [7, 11) is 0. The van der Waals surface area contributed by atoms with Crippen LogP contribution in [0.3, 0.4) is 0 Å².